The van der Waals surface area contributed by atoms with E-state index in [4.69, 9.17) is 4.74 Å². The first-order valence-electron chi connectivity index (χ1n) is 31.2. The molecule has 412 valence electrons. The molecule has 0 aromatic rings. The first kappa shape index (κ1) is 68.1. The molecule has 1 amide bonds. The fourth-order valence-corrected chi connectivity index (χ4v) is 9.71. The molecule has 0 rings (SSSR count). The highest BCUT2D eigenvalue weighted by molar-refractivity contribution is 5.77. The summed E-state index contributed by atoms with van der Waals surface area (Å²) in [6.45, 7) is 6.52. The number of hydrogen-bond acceptors (Lipinski definition) is 5. The maximum Gasteiger partial charge on any atom is 0.306 e. The molecule has 0 saturated carbocycles. The zero-order valence-electron chi connectivity index (χ0n) is 47.2. The lowest BCUT2D eigenvalue weighted by molar-refractivity contribution is -0.151. The summed E-state index contributed by atoms with van der Waals surface area (Å²) in [5.41, 5.74) is 0. The van der Waals surface area contributed by atoms with Crippen LogP contribution in [0.2, 0.25) is 0 Å². The van der Waals surface area contributed by atoms with Gasteiger partial charge in [0.05, 0.1) is 25.2 Å². The van der Waals surface area contributed by atoms with Gasteiger partial charge in [0.1, 0.15) is 6.10 Å². The van der Waals surface area contributed by atoms with Crippen LogP contribution in [-0.2, 0) is 14.3 Å². The van der Waals surface area contributed by atoms with Crippen molar-refractivity contribution >= 4 is 11.9 Å². The Bertz CT molecular complexity index is 1150. The Labute approximate surface area is 436 Å². The van der Waals surface area contributed by atoms with Crippen molar-refractivity contribution in [3.05, 3.63) is 36.5 Å². The highest BCUT2D eigenvalue weighted by Crippen LogP contribution is 2.19. The predicted molar refractivity (Wildman–Crippen MR) is 306 cm³/mol. The second-order valence-electron chi connectivity index (χ2n) is 21.5. The zero-order chi connectivity index (χ0) is 50.9. The lowest BCUT2D eigenvalue weighted by Gasteiger charge is -2.24. The van der Waals surface area contributed by atoms with E-state index in [1.807, 2.05) is 0 Å². The third kappa shape index (κ3) is 52.4. The van der Waals surface area contributed by atoms with Gasteiger partial charge in [-0.05, 0) is 77.0 Å². The molecule has 3 atom stereocenters. The van der Waals surface area contributed by atoms with Gasteiger partial charge in [-0.15, -0.1) is 0 Å². The second-order valence-corrected chi connectivity index (χ2v) is 21.5. The topological polar surface area (TPSA) is 95.9 Å². The highest BCUT2D eigenvalue weighted by atomic mass is 16.5. The number of ether oxygens (including phenoxy) is 1. The van der Waals surface area contributed by atoms with Crippen LogP contribution in [0.3, 0.4) is 0 Å². The highest BCUT2D eigenvalue weighted by Gasteiger charge is 2.24. The lowest BCUT2D eigenvalue weighted by Crippen LogP contribution is -2.46. The molecule has 0 radical (unpaired) electrons. The summed E-state index contributed by atoms with van der Waals surface area (Å²) in [6, 6.07) is -0.706. The molecule has 0 bridgehead atoms. The van der Waals surface area contributed by atoms with Gasteiger partial charge in [-0.1, -0.05) is 282 Å². The van der Waals surface area contributed by atoms with E-state index in [1.54, 1.807) is 0 Å². The minimum absolute atomic E-state index is 0.0716. The maximum absolute atomic E-state index is 13.3. The standard InChI is InChI=1S/C64H121NO5/c1-4-7-10-13-16-19-22-25-28-31-33-36-39-42-45-48-51-54-57-64(69)70-60(55-52-49-46-43-40-37-34-32-29-26-23-20-17-14-11-8-5-2)58-63(68)65-61(59-66)62(67)56-53-50-47-44-41-38-35-30-27-24-21-18-15-12-9-6-3/h26,28-29,31,33,36,60-62,66-67H,4-25,27,30,32,34-35,37-59H2,1-3H3,(H,65,68)/b29-26+,31-28+,36-33+. The first-order valence-corrected chi connectivity index (χ1v) is 31.2. The first-order chi connectivity index (χ1) is 34.5. The Morgan fingerprint density at radius 3 is 1.10 bits per heavy atom. The van der Waals surface area contributed by atoms with Crippen LogP contribution in [0.1, 0.15) is 335 Å². The Morgan fingerprint density at radius 1 is 0.414 bits per heavy atom. The third-order valence-electron chi connectivity index (χ3n) is 14.5. The van der Waals surface area contributed by atoms with E-state index >= 15 is 0 Å². The molecule has 0 heterocycles. The molecule has 0 aliphatic heterocycles. The van der Waals surface area contributed by atoms with Crippen molar-refractivity contribution < 1.29 is 24.5 Å². The maximum atomic E-state index is 13.3. The summed E-state index contributed by atoms with van der Waals surface area (Å²) in [5, 5.41) is 24.0. The molecular formula is C64H121NO5. The molecule has 0 aliphatic carbocycles. The number of hydrogen-bond donors (Lipinski definition) is 3. The molecule has 0 fully saturated rings. The van der Waals surface area contributed by atoms with Gasteiger partial charge in [0.15, 0.2) is 0 Å². The summed E-state index contributed by atoms with van der Waals surface area (Å²) in [7, 11) is 0. The number of esters is 1. The molecule has 6 heteroatoms. The molecular weight excluding hydrogens is 863 g/mol. The number of allylic oxidation sites excluding steroid dienone is 6. The van der Waals surface area contributed by atoms with Crippen LogP contribution in [0.15, 0.2) is 36.5 Å². The van der Waals surface area contributed by atoms with Crippen LogP contribution in [0.4, 0.5) is 0 Å². The number of aliphatic hydroxyl groups is 2. The Kier molecular flexibility index (Phi) is 56.4. The largest absolute Gasteiger partial charge is 0.462 e. The Balaban J connectivity index is 4.56. The van der Waals surface area contributed by atoms with Crippen LogP contribution in [0.5, 0.6) is 0 Å². The van der Waals surface area contributed by atoms with Crippen molar-refractivity contribution in [2.45, 2.75) is 354 Å². The molecule has 0 aliphatic rings. The number of rotatable bonds is 57. The molecule has 0 spiro atoms. The Hall–Kier alpha value is -1.92. The summed E-state index contributed by atoms with van der Waals surface area (Å²) in [5.74, 6) is -0.478. The molecule has 0 aromatic carbocycles. The number of nitrogens with one attached hydrogen (secondary N) is 1. The fraction of sp³-hybridized carbons (Fsp3) is 0.875. The number of aliphatic hydroxyl groups excluding tert-OH is 2. The number of carbonyl (C=O) groups excluding carboxylic acids is 2. The van der Waals surface area contributed by atoms with Gasteiger partial charge in [0.25, 0.3) is 0 Å². The number of unbranched alkanes of at least 4 members (excludes halogenated alkanes) is 40. The van der Waals surface area contributed by atoms with E-state index in [-0.39, 0.29) is 24.9 Å². The van der Waals surface area contributed by atoms with E-state index in [1.165, 1.54) is 225 Å². The smallest absolute Gasteiger partial charge is 0.306 e. The quantitative estimate of drug-likeness (QED) is 0.0244. The average molecular weight is 985 g/mol. The van der Waals surface area contributed by atoms with Crippen LogP contribution < -0.4 is 5.32 Å². The second kappa shape index (κ2) is 58.0. The van der Waals surface area contributed by atoms with Crippen molar-refractivity contribution in [1.29, 1.82) is 0 Å². The van der Waals surface area contributed by atoms with Gasteiger partial charge in [0.2, 0.25) is 5.91 Å². The molecule has 3 N–H and O–H groups in total. The molecule has 6 nitrogen and oxygen atoms in total. The normalized spacial score (nSPS) is 13.3. The van der Waals surface area contributed by atoms with Crippen LogP contribution >= 0.6 is 0 Å². The zero-order valence-corrected chi connectivity index (χ0v) is 47.2. The van der Waals surface area contributed by atoms with Crippen molar-refractivity contribution in [3.63, 3.8) is 0 Å². The summed E-state index contributed by atoms with van der Waals surface area (Å²) < 4.78 is 5.98. The summed E-state index contributed by atoms with van der Waals surface area (Å²) >= 11 is 0. The van der Waals surface area contributed by atoms with Gasteiger partial charge in [-0.2, -0.15) is 0 Å². The SMILES string of the molecule is CCCCCCCC/C=C/CCCCCCCCCC(CC(=O)NC(CO)C(O)CCCCCCCCCCCCCCCCCC)OC(=O)CCCCCCC/C=C/C=C/CCCCCCCCC. The van der Waals surface area contributed by atoms with E-state index in [2.05, 4.69) is 62.5 Å². The van der Waals surface area contributed by atoms with Crippen LogP contribution in [-0.4, -0.2) is 46.9 Å². The van der Waals surface area contributed by atoms with Gasteiger partial charge in [0, 0.05) is 6.42 Å². The van der Waals surface area contributed by atoms with E-state index in [9.17, 15) is 19.8 Å². The van der Waals surface area contributed by atoms with E-state index < -0.39 is 18.2 Å². The molecule has 0 saturated heterocycles. The lowest BCUT2D eigenvalue weighted by atomic mass is 10.0. The van der Waals surface area contributed by atoms with Gasteiger partial charge >= 0.3 is 5.97 Å². The fourth-order valence-electron chi connectivity index (χ4n) is 9.71. The third-order valence-corrected chi connectivity index (χ3v) is 14.5. The average Bonchev–Trinajstić information content (AvgIpc) is 3.35. The monoisotopic (exact) mass is 984 g/mol. The van der Waals surface area contributed by atoms with Crippen LogP contribution in [0.25, 0.3) is 0 Å². The molecule has 3 unspecified atom stereocenters. The minimum Gasteiger partial charge on any atom is -0.462 e. The van der Waals surface area contributed by atoms with Crippen LogP contribution in [0, 0.1) is 0 Å². The number of carbonyl (C=O) groups is 2. The Morgan fingerprint density at radius 2 is 0.729 bits per heavy atom. The van der Waals surface area contributed by atoms with Gasteiger partial charge in [-0.3, -0.25) is 9.59 Å². The van der Waals surface area contributed by atoms with Gasteiger partial charge < -0.3 is 20.3 Å². The molecule has 70 heavy (non-hydrogen) atoms. The van der Waals surface area contributed by atoms with E-state index in [0.29, 0.717) is 19.3 Å². The summed E-state index contributed by atoms with van der Waals surface area (Å²) in [6.07, 6.45) is 70.7. The van der Waals surface area contributed by atoms with Gasteiger partial charge in [-0.25, -0.2) is 0 Å². The predicted octanol–water partition coefficient (Wildman–Crippen LogP) is 19.6. The number of amides is 1. The minimum atomic E-state index is -0.792. The van der Waals surface area contributed by atoms with Crippen molar-refractivity contribution in [2.24, 2.45) is 0 Å². The van der Waals surface area contributed by atoms with Crippen molar-refractivity contribution in [2.75, 3.05) is 6.61 Å². The summed E-state index contributed by atoms with van der Waals surface area (Å²) in [4.78, 5) is 26.4. The van der Waals surface area contributed by atoms with Crippen molar-refractivity contribution in [1.82, 2.24) is 5.32 Å². The van der Waals surface area contributed by atoms with Crippen molar-refractivity contribution in [3.8, 4) is 0 Å². The van der Waals surface area contributed by atoms with E-state index in [0.717, 1.165) is 64.2 Å². The molecule has 0 aromatic heterocycles.